The van der Waals surface area contributed by atoms with Gasteiger partial charge in [-0.1, -0.05) is 109 Å². The van der Waals surface area contributed by atoms with E-state index in [1.807, 2.05) is 60.7 Å². The van der Waals surface area contributed by atoms with Crippen LogP contribution in [0.3, 0.4) is 0 Å². The molecule has 6 rings (SSSR count). The summed E-state index contributed by atoms with van der Waals surface area (Å²) in [6, 6.07) is 40.0. The molecule has 0 saturated carbocycles. The largest absolute Gasteiger partial charge is 0.375 e. The van der Waals surface area contributed by atoms with Gasteiger partial charge in [0.2, 0.25) is 0 Å². The first-order valence-corrected chi connectivity index (χ1v) is 17.8. The predicted octanol–water partition coefficient (Wildman–Crippen LogP) is 8.17. The molecule has 248 valence electrons. The van der Waals surface area contributed by atoms with Crippen LogP contribution in [0, 0.1) is 17.5 Å². The number of nitrogens with zero attached hydrogens (tertiary/aromatic N) is 2. The highest BCUT2D eigenvalue weighted by atomic mass is 32.2. The van der Waals surface area contributed by atoms with Crippen molar-refractivity contribution < 1.29 is 26.3 Å². The summed E-state index contributed by atoms with van der Waals surface area (Å²) in [5.41, 5.74) is 3.51. The molecule has 0 aromatic heterocycles. The Balaban J connectivity index is 1.36. The zero-order valence-corrected chi connectivity index (χ0v) is 27.9. The second-order valence-electron chi connectivity index (χ2n) is 11.7. The van der Waals surface area contributed by atoms with Crippen LogP contribution in [0.5, 0.6) is 0 Å². The fourth-order valence-electron chi connectivity index (χ4n) is 6.24. The highest BCUT2D eigenvalue weighted by Crippen LogP contribution is 2.52. The van der Waals surface area contributed by atoms with Gasteiger partial charge >= 0.3 is 10.2 Å². The lowest BCUT2D eigenvalue weighted by Gasteiger charge is -2.37. The molecule has 0 bridgehead atoms. The summed E-state index contributed by atoms with van der Waals surface area (Å²) in [5, 5.41) is -0.196. The first-order chi connectivity index (χ1) is 23.2. The number of hydrogen-bond donors (Lipinski definition) is 0. The van der Waals surface area contributed by atoms with E-state index in [1.165, 1.54) is 15.7 Å². The summed E-state index contributed by atoms with van der Waals surface area (Å²) in [6.07, 6.45) is 0.432. The number of halogens is 3. The summed E-state index contributed by atoms with van der Waals surface area (Å²) >= 11 is 1.69. The van der Waals surface area contributed by atoms with Gasteiger partial charge in [-0.15, -0.1) is 11.8 Å². The molecule has 0 spiro atoms. The first-order valence-electron chi connectivity index (χ1n) is 15.6. The molecule has 1 fully saturated rings. The molecule has 2 atom stereocenters. The number of anilines is 1. The molecule has 0 amide bonds. The first kappa shape index (κ1) is 33.8. The lowest BCUT2D eigenvalue weighted by Crippen LogP contribution is -2.46. The van der Waals surface area contributed by atoms with Gasteiger partial charge in [0, 0.05) is 30.5 Å². The lowest BCUT2D eigenvalue weighted by atomic mass is 9.84. The van der Waals surface area contributed by atoms with Crippen LogP contribution in [0.4, 0.5) is 18.9 Å². The van der Waals surface area contributed by atoms with E-state index in [-0.39, 0.29) is 30.6 Å². The Labute approximate surface area is 284 Å². The molecule has 1 aliphatic rings. The van der Waals surface area contributed by atoms with E-state index in [1.54, 1.807) is 36.0 Å². The van der Waals surface area contributed by atoms with Crippen LogP contribution in [0.15, 0.2) is 133 Å². The van der Waals surface area contributed by atoms with Crippen LogP contribution in [-0.4, -0.2) is 44.2 Å². The number of ether oxygens (including phenoxy) is 1. The number of hydrogen-bond acceptors (Lipinski definition) is 4. The van der Waals surface area contributed by atoms with Crippen molar-refractivity contribution in [1.29, 1.82) is 0 Å². The Morgan fingerprint density at radius 3 is 1.75 bits per heavy atom. The van der Waals surface area contributed by atoms with Crippen LogP contribution in [-0.2, 0) is 26.3 Å². The number of para-hydroxylation sites is 1. The van der Waals surface area contributed by atoms with Crippen molar-refractivity contribution in [3.8, 4) is 0 Å². The minimum Gasteiger partial charge on any atom is -0.375 e. The van der Waals surface area contributed by atoms with E-state index >= 15 is 0 Å². The second kappa shape index (κ2) is 14.6. The van der Waals surface area contributed by atoms with Crippen molar-refractivity contribution in [2.75, 3.05) is 24.5 Å². The molecule has 1 saturated heterocycles. The Morgan fingerprint density at radius 1 is 0.750 bits per heavy atom. The van der Waals surface area contributed by atoms with Crippen LogP contribution >= 0.6 is 11.8 Å². The molecule has 48 heavy (non-hydrogen) atoms. The molecule has 5 nitrogen and oxygen atoms in total. The summed E-state index contributed by atoms with van der Waals surface area (Å²) in [7, 11) is -2.53. The maximum Gasteiger partial charge on any atom is 0.304 e. The summed E-state index contributed by atoms with van der Waals surface area (Å²) < 4.78 is 78.3. The molecular formula is C38H35F3N2O3S2. The third kappa shape index (κ3) is 6.89. The van der Waals surface area contributed by atoms with Crippen LogP contribution in [0.2, 0.25) is 0 Å². The average molecular weight is 689 g/mol. The fourth-order valence-corrected chi connectivity index (χ4v) is 9.80. The van der Waals surface area contributed by atoms with Crippen molar-refractivity contribution in [3.63, 3.8) is 0 Å². The van der Waals surface area contributed by atoms with E-state index in [4.69, 9.17) is 4.74 Å². The maximum absolute atomic E-state index is 14.4. The van der Waals surface area contributed by atoms with Gasteiger partial charge in [-0.25, -0.2) is 13.2 Å². The molecule has 10 heteroatoms. The quantitative estimate of drug-likeness (QED) is 0.0981. The summed E-state index contributed by atoms with van der Waals surface area (Å²) in [5.74, 6) is -3.40. The SMILES string of the molecule is CN(c1ccccc1)S(=O)(=O)N1C[C@H](SC(c2ccccc2)(c2ccccc2)c2ccccc2)C[C@H]1COCc1cc(F)c(F)cc1F. The molecule has 1 aliphatic heterocycles. The Hall–Kier alpha value is -4.09. The summed E-state index contributed by atoms with van der Waals surface area (Å²) in [4.78, 5) is 0. The zero-order valence-electron chi connectivity index (χ0n) is 26.3. The van der Waals surface area contributed by atoms with Crippen molar-refractivity contribution in [1.82, 2.24) is 4.31 Å². The minimum absolute atomic E-state index is 0.0770. The maximum atomic E-state index is 14.4. The Bertz CT molecular complexity index is 1820. The Kier molecular flexibility index (Phi) is 10.3. The molecule has 0 aliphatic carbocycles. The topological polar surface area (TPSA) is 49.9 Å². The third-order valence-corrected chi connectivity index (χ3v) is 12.3. The van der Waals surface area contributed by atoms with E-state index in [2.05, 4.69) is 36.4 Å². The lowest BCUT2D eigenvalue weighted by molar-refractivity contribution is 0.0852. The number of rotatable bonds is 12. The van der Waals surface area contributed by atoms with Crippen LogP contribution in [0.1, 0.15) is 28.7 Å². The van der Waals surface area contributed by atoms with Crippen molar-refractivity contribution in [2.24, 2.45) is 0 Å². The number of thioether (sulfide) groups is 1. The smallest absolute Gasteiger partial charge is 0.304 e. The van der Waals surface area contributed by atoms with Gasteiger partial charge in [0.05, 0.1) is 29.7 Å². The van der Waals surface area contributed by atoms with E-state index in [0.717, 1.165) is 22.8 Å². The standard InChI is InChI=1S/C38H35F3N2O3S2/c1-42(32-20-12-5-13-21-32)48(44,45)43-25-34(23-33(43)27-46-26-28-22-36(40)37(41)24-35(28)39)47-38(29-14-6-2-7-15-29,30-16-8-3-9-17-30)31-18-10-4-11-19-31/h2-22,24,33-34H,23,25-27H2,1H3/t33-,34+/m0/s1. The van der Waals surface area contributed by atoms with E-state index in [9.17, 15) is 21.6 Å². The molecule has 0 N–H and O–H groups in total. The predicted molar refractivity (Wildman–Crippen MR) is 185 cm³/mol. The van der Waals surface area contributed by atoms with Gasteiger partial charge in [-0.05, 0) is 41.3 Å². The normalized spacial score (nSPS) is 17.0. The van der Waals surface area contributed by atoms with Crippen molar-refractivity contribution in [2.45, 2.75) is 29.1 Å². The monoisotopic (exact) mass is 688 g/mol. The fraction of sp³-hybridized carbons (Fsp3) is 0.211. The van der Waals surface area contributed by atoms with Gasteiger partial charge < -0.3 is 4.74 Å². The van der Waals surface area contributed by atoms with Gasteiger partial charge in [-0.3, -0.25) is 4.31 Å². The molecular weight excluding hydrogens is 654 g/mol. The van der Waals surface area contributed by atoms with E-state index < -0.39 is 38.4 Å². The highest BCUT2D eigenvalue weighted by Gasteiger charge is 2.47. The number of benzene rings is 5. The van der Waals surface area contributed by atoms with Crippen LogP contribution in [0.25, 0.3) is 0 Å². The van der Waals surface area contributed by atoms with Gasteiger partial charge in [0.15, 0.2) is 11.6 Å². The van der Waals surface area contributed by atoms with Crippen molar-refractivity contribution in [3.05, 3.63) is 173 Å². The second-order valence-corrected chi connectivity index (χ2v) is 15.1. The van der Waals surface area contributed by atoms with Crippen LogP contribution < -0.4 is 4.31 Å². The van der Waals surface area contributed by atoms with Gasteiger partial charge in [-0.2, -0.15) is 12.7 Å². The minimum atomic E-state index is -4.05. The van der Waals surface area contributed by atoms with E-state index in [0.29, 0.717) is 18.2 Å². The summed E-state index contributed by atoms with van der Waals surface area (Å²) in [6.45, 7) is -0.236. The zero-order chi connectivity index (χ0) is 33.7. The molecule has 0 radical (unpaired) electrons. The molecule has 5 aromatic rings. The Morgan fingerprint density at radius 2 is 1.23 bits per heavy atom. The third-order valence-electron chi connectivity index (χ3n) is 8.63. The molecule has 0 unspecified atom stereocenters. The molecule has 1 heterocycles. The average Bonchev–Trinajstić information content (AvgIpc) is 3.53. The highest BCUT2D eigenvalue weighted by molar-refractivity contribution is 8.01. The van der Waals surface area contributed by atoms with Gasteiger partial charge in [0.1, 0.15) is 5.82 Å². The van der Waals surface area contributed by atoms with Crippen molar-refractivity contribution >= 4 is 27.7 Å². The van der Waals surface area contributed by atoms with Gasteiger partial charge in [0.25, 0.3) is 0 Å². The molecule has 5 aromatic carbocycles.